The SMILES string of the molecule is CS/C(=N\c1ccc(Oc2ccccc2)c(-n2cnc(C)c2)c1)NC#N. The lowest BCUT2D eigenvalue weighted by Crippen LogP contribution is -2.12. The molecule has 0 radical (unpaired) electrons. The highest BCUT2D eigenvalue weighted by atomic mass is 32.2. The zero-order valence-electron chi connectivity index (χ0n) is 14.4. The molecule has 0 aliphatic rings. The second kappa shape index (κ2) is 8.23. The van der Waals surface area contributed by atoms with E-state index in [-0.39, 0.29) is 0 Å². The van der Waals surface area contributed by atoms with E-state index in [1.807, 2.05) is 78.7 Å². The summed E-state index contributed by atoms with van der Waals surface area (Å²) >= 11 is 1.37. The van der Waals surface area contributed by atoms with Crippen LogP contribution in [0.15, 0.2) is 66.0 Å². The van der Waals surface area contributed by atoms with Gasteiger partial charge >= 0.3 is 0 Å². The van der Waals surface area contributed by atoms with Crippen LogP contribution in [0.3, 0.4) is 0 Å². The van der Waals surface area contributed by atoms with Crippen LogP contribution in [0, 0.1) is 18.4 Å². The van der Waals surface area contributed by atoms with Crippen molar-refractivity contribution in [3.05, 3.63) is 66.7 Å². The Kier molecular flexibility index (Phi) is 5.56. The zero-order chi connectivity index (χ0) is 18.4. The number of amidine groups is 1. The van der Waals surface area contributed by atoms with Crippen LogP contribution in [-0.2, 0) is 0 Å². The minimum absolute atomic E-state index is 0.525. The number of aliphatic imine (C=N–C) groups is 1. The number of rotatable bonds is 4. The molecule has 0 spiro atoms. The normalized spacial score (nSPS) is 11.0. The number of imidazole rings is 1. The number of nitrogens with zero attached hydrogens (tertiary/aromatic N) is 4. The molecule has 0 fully saturated rings. The monoisotopic (exact) mass is 363 g/mol. The van der Waals surface area contributed by atoms with Gasteiger partial charge in [-0.1, -0.05) is 30.0 Å². The van der Waals surface area contributed by atoms with E-state index in [4.69, 9.17) is 10.00 Å². The molecule has 26 heavy (non-hydrogen) atoms. The minimum Gasteiger partial charge on any atom is -0.455 e. The lowest BCUT2D eigenvalue weighted by molar-refractivity contribution is 0.480. The number of hydrogen-bond donors (Lipinski definition) is 1. The summed E-state index contributed by atoms with van der Waals surface area (Å²) in [6, 6.07) is 15.2. The van der Waals surface area contributed by atoms with Gasteiger partial charge in [-0.25, -0.2) is 9.98 Å². The van der Waals surface area contributed by atoms with Gasteiger partial charge in [-0.15, -0.1) is 0 Å². The lowest BCUT2D eigenvalue weighted by Gasteiger charge is -2.13. The Balaban J connectivity index is 2.03. The standard InChI is InChI=1S/C19H17N5OS/c1-14-11-24(13-22-14)17-10-15(23-19(26-2)21-12-20)8-9-18(17)25-16-6-4-3-5-7-16/h3-11,13H,1-2H3,(H,21,23). The average Bonchev–Trinajstić information content (AvgIpc) is 3.09. The predicted octanol–water partition coefficient (Wildman–Crippen LogP) is 4.39. The fraction of sp³-hybridized carbons (Fsp3) is 0.105. The highest BCUT2D eigenvalue weighted by Gasteiger charge is 2.10. The van der Waals surface area contributed by atoms with Crippen LogP contribution in [0.2, 0.25) is 0 Å². The fourth-order valence-electron chi connectivity index (χ4n) is 2.32. The van der Waals surface area contributed by atoms with E-state index in [1.165, 1.54) is 11.8 Å². The van der Waals surface area contributed by atoms with Crippen molar-refractivity contribution in [2.75, 3.05) is 6.26 Å². The molecule has 0 unspecified atom stereocenters. The zero-order valence-corrected chi connectivity index (χ0v) is 15.2. The number of nitriles is 1. The van der Waals surface area contributed by atoms with Gasteiger partial charge in [0.2, 0.25) is 0 Å². The molecule has 3 aromatic rings. The van der Waals surface area contributed by atoms with Gasteiger partial charge in [0.25, 0.3) is 0 Å². The summed E-state index contributed by atoms with van der Waals surface area (Å²) in [5.74, 6) is 1.43. The predicted molar refractivity (Wildman–Crippen MR) is 104 cm³/mol. The topological polar surface area (TPSA) is 75.2 Å². The highest BCUT2D eigenvalue weighted by Crippen LogP contribution is 2.32. The van der Waals surface area contributed by atoms with Gasteiger partial charge in [0.15, 0.2) is 17.1 Å². The van der Waals surface area contributed by atoms with Crippen LogP contribution < -0.4 is 10.1 Å². The Morgan fingerprint density at radius 3 is 2.73 bits per heavy atom. The first-order valence-corrected chi connectivity index (χ1v) is 9.08. The van der Waals surface area contributed by atoms with Crippen molar-refractivity contribution in [2.45, 2.75) is 6.92 Å². The summed E-state index contributed by atoms with van der Waals surface area (Å²) in [5.41, 5.74) is 2.42. The van der Waals surface area contributed by atoms with Gasteiger partial charge in [-0.2, -0.15) is 5.26 Å². The van der Waals surface area contributed by atoms with E-state index in [9.17, 15) is 0 Å². The van der Waals surface area contributed by atoms with Crippen molar-refractivity contribution >= 4 is 22.6 Å². The van der Waals surface area contributed by atoms with Crippen molar-refractivity contribution in [1.82, 2.24) is 14.9 Å². The molecule has 0 saturated carbocycles. The van der Waals surface area contributed by atoms with Crippen molar-refractivity contribution < 1.29 is 4.74 Å². The summed E-state index contributed by atoms with van der Waals surface area (Å²) in [7, 11) is 0. The van der Waals surface area contributed by atoms with Crippen molar-refractivity contribution in [3.8, 4) is 23.4 Å². The second-order valence-corrected chi connectivity index (χ2v) is 6.14. The first kappa shape index (κ1) is 17.6. The van der Waals surface area contributed by atoms with Crippen LogP contribution in [0.4, 0.5) is 5.69 Å². The maximum atomic E-state index is 8.80. The number of aryl methyl sites for hydroxylation is 1. The van der Waals surface area contributed by atoms with E-state index in [0.29, 0.717) is 16.6 Å². The molecule has 0 amide bonds. The molecule has 7 heteroatoms. The van der Waals surface area contributed by atoms with E-state index in [2.05, 4.69) is 15.3 Å². The van der Waals surface area contributed by atoms with Crippen LogP contribution in [-0.4, -0.2) is 21.0 Å². The van der Waals surface area contributed by atoms with Crippen LogP contribution in [0.5, 0.6) is 11.5 Å². The van der Waals surface area contributed by atoms with Gasteiger partial charge < -0.3 is 9.30 Å². The number of aromatic nitrogens is 2. The third-order valence-corrected chi connectivity index (χ3v) is 4.07. The molecule has 6 nitrogen and oxygen atoms in total. The van der Waals surface area contributed by atoms with E-state index in [0.717, 1.165) is 17.1 Å². The lowest BCUT2D eigenvalue weighted by atomic mass is 10.2. The van der Waals surface area contributed by atoms with Crippen LogP contribution in [0.25, 0.3) is 5.69 Å². The average molecular weight is 363 g/mol. The summed E-state index contributed by atoms with van der Waals surface area (Å²) in [4.78, 5) is 8.75. The van der Waals surface area contributed by atoms with Crippen molar-refractivity contribution in [1.29, 1.82) is 5.26 Å². The maximum Gasteiger partial charge on any atom is 0.183 e. The number of nitrogens with one attached hydrogen (secondary N) is 1. The van der Waals surface area contributed by atoms with Crippen LogP contribution in [0.1, 0.15) is 5.69 Å². The summed E-state index contributed by atoms with van der Waals surface area (Å²) in [5, 5.41) is 11.9. The summed E-state index contributed by atoms with van der Waals surface area (Å²) < 4.78 is 7.93. The number of para-hydroxylation sites is 1. The molecule has 0 atom stereocenters. The third-order valence-electron chi connectivity index (χ3n) is 3.49. The molecule has 2 aromatic carbocycles. The van der Waals surface area contributed by atoms with Gasteiger partial charge in [0, 0.05) is 6.20 Å². The first-order chi connectivity index (χ1) is 12.7. The molecule has 130 valence electrons. The molecule has 0 bridgehead atoms. The van der Waals surface area contributed by atoms with E-state index >= 15 is 0 Å². The smallest absolute Gasteiger partial charge is 0.183 e. The molecule has 0 saturated heterocycles. The van der Waals surface area contributed by atoms with Crippen LogP contribution >= 0.6 is 11.8 Å². The second-order valence-electron chi connectivity index (χ2n) is 5.35. The van der Waals surface area contributed by atoms with E-state index in [1.54, 1.807) is 6.33 Å². The Hall–Kier alpha value is -3.24. The van der Waals surface area contributed by atoms with Crippen molar-refractivity contribution in [3.63, 3.8) is 0 Å². The quantitative estimate of drug-likeness (QED) is 0.322. The van der Waals surface area contributed by atoms with Gasteiger partial charge in [0.05, 0.1) is 23.4 Å². The number of ether oxygens (including phenoxy) is 1. The molecule has 0 aliphatic carbocycles. The molecule has 1 heterocycles. The molecular formula is C19H17N5OS. The molecular weight excluding hydrogens is 346 g/mol. The third kappa shape index (κ3) is 4.23. The molecule has 0 aliphatic heterocycles. The largest absolute Gasteiger partial charge is 0.455 e. The molecule has 1 N–H and O–H groups in total. The minimum atomic E-state index is 0.525. The molecule has 3 rings (SSSR count). The molecule has 1 aromatic heterocycles. The van der Waals surface area contributed by atoms with Gasteiger partial charge in [-0.3, -0.25) is 5.32 Å². The highest BCUT2D eigenvalue weighted by molar-refractivity contribution is 8.13. The maximum absolute atomic E-state index is 8.80. The summed E-state index contributed by atoms with van der Waals surface area (Å²) in [6.07, 6.45) is 7.40. The number of hydrogen-bond acceptors (Lipinski definition) is 5. The van der Waals surface area contributed by atoms with Crippen molar-refractivity contribution in [2.24, 2.45) is 4.99 Å². The van der Waals surface area contributed by atoms with Gasteiger partial charge in [0.1, 0.15) is 5.75 Å². The Morgan fingerprint density at radius 2 is 2.08 bits per heavy atom. The number of benzene rings is 2. The summed E-state index contributed by atoms with van der Waals surface area (Å²) in [6.45, 7) is 1.93. The Morgan fingerprint density at radius 1 is 1.27 bits per heavy atom. The Labute approximate surface area is 156 Å². The Bertz CT molecular complexity index is 960. The van der Waals surface area contributed by atoms with Gasteiger partial charge in [-0.05, 0) is 43.5 Å². The number of thioether (sulfide) groups is 1. The fourth-order valence-corrected chi connectivity index (χ4v) is 2.67. The first-order valence-electron chi connectivity index (χ1n) is 7.85. The van der Waals surface area contributed by atoms with E-state index < -0.39 is 0 Å².